The van der Waals surface area contributed by atoms with Crippen LogP contribution in [0.2, 0.25) is 0 Å². The predicted molar refractivity (Wildman–Crippen MR) is 168 cm³/mol. The molecule has 45 heavy (non-hydrogen) atoms. The highest BCUT2D eigenvalue weighted by Crippen LogP contribution is 2.62. The Kier molecular flexibility index (Phi) is 7.43. The standard InChI is InChI=1S/C33H26N4O6S2/c34-16-27-35-24-11-10-22(15-25(24)44-27)42-17-20-6-8-21(9-7-20)43-18-23-29(32(40)41)37-30(39)28(31(37)45-33(23)12-13-33)36-26(38)14-19-4-2-1-3-5-19/h1-11,15,28,31H,12-14,17-18H2,(H,36,38)(H,40,41). The highest BCUT2D eigenvalue weighted by atomic mass is 32.2. The second kappa shape index (κ2) is 11.6. The van der Waals surface area contributed by atoms with Gasteiger partial charge in [0.15, 0.2) is 5.01 Å². The van der Waals surface area contributed by atoms with Crippen LogP contribution in [0.15, 0.2) is 84.1 Å². The van der Waals surface area contributed by atoms with Gasteiger partial charge in [0.1, 0.15) is 47.9 Å². The fourth-order valence-electron chi connectivity index (χ4n) is 5.64. The van der Waals surface area contributed by atoms with Crippen LogP contribution in [0.5, 0.6) is 11.5 Å². The van der Waals surface area contributed by atoms with Crippen LogP contribution in [0.3, 0.4) is 0 Å². The molecular weight excluding hydrogens is 613 g/mol. The normalized spacial score (nSPS) is 19.4. The average molecular weight is 639 g/mol. The Morgan fingerprint density at radius 1 is 1.02 bits per heavy atom. The summed E-state index contributed by atoms with van der Waals surface area (Å²) in [6, 6.07) is 23.4. The molecule has 1 spiro atoms. The smallest absolute Gasteiger partial charge is 0.352 e. The number of amides is 2. The van der Waals surface area contributed by atoms with Gasteiger partial charge in [-0.3, -0.25) is 14.5 Å². The van der Waals surface area contributed by atoms with Crippen LogP contribution in [0, 0.1) is 11.3 Å². The number of thiazole rings is 1. The Labute approximate surface area is 266 Å². The maximum absolute atomic E-state index is 13.2. The fourth-order valence-corrected chi connectivity index (χ4v) is 8.16. The second-order valence-electron chi connectivity index (χ2n) is 11.0. The zero-order valence-electron chi connectivity index (χ0n) is 23.8. The summed E-state index contributed by atoms with van der Waals surface area (Å²) in [7, 11) is 0. The lowest BCUT2D eigenvalue weighted by atomic mass is 9.99. The minimum Gasteiger partial charge on any atom is -0.489 e. The lowest BCUT2D eigenvalue weighted by Gasteiger charge is -2.51. The van der Waals surface area contributed by atoms with Crippen LogP contribution in [0.25, 0.3) is 10.2 Å². The Morgan fingerprint density at radius 2 is 1.76 bits per heavy atom. The summed E-state index contributed by atoms with van der Waals surface area (Å²) in [5, 5.41) is 22.0. The Balaban J connectivity index is 0.997. The van der Waals surface area contributed by atoms with Crippen LogP contribution in [0.4, 0.5) is 0 Å². The number of benzene rings is 3. The van der Waals surface area contributed by atoms with Crippen LogP contribution in [-0.4, -0.2) is 55.5 Å². The van der Waals surface area contributed by atoms with Crippen molar-refractivity contribution in [2.75, 3.05) is 6.61 Å². The monoisotopic (exact) mass is 638 g/mol. The number of ether oxygens (including phenoxy) is 2. The highest BCUT2D eigenvalue weighted by molar-refractivity contribution is 8.02. The molecule has 2 fully saturated rings. The minimum absolute atomic E-state index is 0.0333. The highest BCUT2D eigenvalue weighted by Gasteiger charge is 2.63. The molecule has 0 bridgehead atoms. The number of β-lactam (4-membered cyclic amide) rings is 1. The van der Waals surface area contributed by atoms with E-state index in [-0.39, 0.29) is 24.6 Å². The van der Waals surface area contributed by atoms with Gasteiger partial charge in [0, 0.05) is 10.3 Å². The van der Waals surface area contributed by atoms with Gasteiger partial charge in [-0.1, -0.05) is 42.5 Å². The molecule has 2 atom stereocenters. The molecule has 1 saturated carbocycles. The predicted octanol–water partition coefficient (Wildman–Crippen LogP) is 4.64. The van der Waals surface area contributed by atoms with Gasteiger partial charge in [0.25, 0.3) is 5.91 Å². The van der Waals surface area contributed by atoms with Crippen LogP contribution < -0.4 is 14.8 Å². The Hall–Kier alpha value is -4.86. The van der Waals surface area contributed by atoms with Crippen LogP contribution in [0.1, 0.15) is 29.0 Å². The Morgan fingerprint density at radius 3 is 2.47 bits per heavy atom. The summed E-state index contributed by atoms with van der Waals surface area (Å²) >= 11 is 2.85. The Bertz CT molecular complexity index is 1900. The molecule has 2 unspecified atom stereocenters. The number of carbonyl (C=O) groups is 3. The van der Waals surface area contributed by atoms with Gasteiger partial charge in [-0.25, -0.2) is 9.78 Å². The van der Waals surface area contributed by atoms with Crippen molar-refractivity contribution in [1.29, 1.82) is 5.26 Å². The van der Waals surface area contributed by atoms with Crippen molar-refractivity contribution >= 4 is 51.1 Å². The molecule has 1 aromatic heterocycles. The van der Waals surface area contributed by atoms with Gasteiger partial charge in [0.2, 0.25) is 5.91 Å². The molecular formula is C33H26N4O6S2. The largest absolute Gasteiger partial charge is 0.489 e. The number of rotatable bonds is 10. The molecule has 2 N–H and O–H groups in total. The molecule has 2 amide bonds. The van der Waals surface area contributed by atoms with Crippen molar-refractivity contribution in [1.82, 2.24) is 15.2 Å². The first kappa shape index (κ1) is 28.9. The van der Waals surface area contributed by atoms with Crippen molar-refractivity contribution in [3.63, 3.8) is 0 Å². The van der Waals surface area contributed by atoms with Gasteiger partial charge in [-0.05, 0) is 54.3 Å². The number of hydrogen-bond acceptors (Lipinski definition) is 9. The number of fused-ring (bicyclic) bond motifs is 2. The summed E-state index contributed by atoms with van der Waals surface area (Å²) in [5.41, 5.74) is 3.06. The van der Waals surface area contributed by atoms with E-state index in [0.717, 1.165) is 34.2 Å². The lowest BCUT2D eigenvalue weighted by molar-refractivity contribution is -0.150. The maximum Gasteiger partial charge on any atom is 0.352 e. The van der Waals surface area contributed by atoms with Crippen LogP contribution in [-0.2, 0) is 27.4 Å². The zero-order chi connectivity index (χ0) is 31.1. The van der Waals surface area contributed by atoms with Gasteiger partial charge in [0.05, 0.1) is 16.6 Å². The first-order valence-corrected chi connectivity index (χ1v) is 16.0. The number of aromatic nitrogens is 1. The van der Waals surface area contributed by atoms with E-state index in [1.165, 1.54) is 28.0 Å². The molecule has 3 heterocycles. The van der Waals surface area contributed by atoms with Gasteiger partial charge < -0.3 is 19.9 Å². The number of carboxylic acid groups (broad SMARTS) is 1. The number of nitrogens with one attached hydrogen (secondary N) is 1. The first-order chi connectivity index (χ1) is 21.8. The fraction of sp³-hybridized carbons (Fsp3) is 0.242. The van der Waals surface area contributed by atoms with Crippen molar-refractivity contribution in [3.8, 4) is 17.6 Å². The average Bonchev–Trinajstić information content (AvgIpc) is 3.70. The molecule has 226 valence electrons. The third-order valence-electron chi connectivity index (χ3n) is 8.06. The zero-order valence-corrected chi connectivity index (χ0v) is 25.4. The number of carbonyl (C=O) groups excluding carboxylic acids is 2. The molecule has 10 nitrogen and oxygen atoms in total. The number of carboxylic acids is 1. The number of nitrogens with zero attached hydrogens (tertiary/aromatic N) is 3. The number of aliphatic carboxylic acids is 1. The van der Waals surface area contributed by atoms with E-state index in [4.69, 9.17) is 14.7 Å². The van der Waals surface area contributed by atoms with Crippen molar-refractivity contribution in [3.05, 3.63) is 100 Å². The summed E-state index contributed by atoms with van der Waals surface area (Å²) in [5.74, 6) is -0.645. The number of hydrogen-bond donors (Lipinski definition) is 2. The first-order valence-electron chi connectivity index (χ1n) is 14.3. The maximum atomic E-state index is 13.2. The lowest BCUT2D eigenvalue weighted by Crippen LogP contribution is -2.71. The van der Waals surface area contributed by atoms with E-state index in [0.29, 0.717) is 28.7 Å². The van der Waals surface area contributed by atoms with Gasteiger partial charge in [-0.15, -0.1) is 23.1 Å². The molecule has 1 saturated heterocycles. The summed E-state index contributed by atoms with van der Waals surface area (Å²) in [6.07, 6.45) is 1.70. The molecule has 12 heteroatoms. The van der Waals surface area contributed by atoms with E-state index >= 15 is 0 Å². The van der Waals surface area contributed by atoms with Gasteiger partial charge >= 0.3 is 5.97 Å². The third-order valence-corrected chi connectivity index (χ3v) is 10.8. The molecule has 7 rings (SSSR count). The quantitative estimate of drug-likeness (QED) is 0.238. The van der Waals surface area contributed by atoms with Crippen molar-refractivity contribution in [2.24, 2.45) is 0 Å². The second-order valence-corrected chi connectivity index (χ2v) is 13.6. The van der Waals surface area contributed by atoms with Crippen molar-refractivity contribution in [2.45, 2.75) is 42.0 Å². The molecule has 0 radical (unpaired) electrons. The summed E-state index contributed by atoms with van der Waals surface area (Å²) in [6.45, 7) is 0.358. The molecule has 2 aliphatic heterocycles. The SMILES string of the molecule is N#Cc1nc2ccc(OCc3ccc(OCC4=C(C(=O)O)N5C(=O)C(NC(=O)Cc6ccccc6)C5SC45CC5)cc3)cc2s1. The van der Waals surface area contributed by atoms with E-state index in [9.17, 15) is 19.5 Å². The molecule has 3 aromatic carbocycles. The summed E-state index contributed by atoms with van der Waals surface area (Å²) in [4.78, 5) is 43.9. The number of nitriles is 1. The van der Waals surface area contributed by atoms with E-state index in [1.54, 1.807) is 12.1 Å². The topological polar surface area (TPSA) is 142 Å². The molecule has 4 aromatic rings. The minimum atomic E-state index is -1.18. The van der Waals surface area contributed by atoms with Crippen molar-refractivity contribution < 1.29 is 29.0 Å². The van der Waals surface area contributed by atoms with Crippen LogP contribution >= 0.6 is 23.1 Å². The third kappa shape index (κ3) is 5.61. The number of thioether (sulfide) groups is 1. The molecule has 3 aliphatic rings. The van der Waals surface area contributed by atoms with E-state index in [1.807, 2.05) is 60.7 Å². The summed E-state index contributed by atoms with van der Waals surface area (Å²) < 4.78 is 12.4. The van der Waals surface area contributed by atoms with E-state index < -0.39 is 28.0 Å². The van der Waals surface area contributed by atoms with Gasteiger partial charge in [-0.2, -0.15) is 5.26 Å². The van der Waals surface area contributed by atoms with E-state index in [2.05, 4.69) is 16.4 Å². The molecule has 1 aliphatic carbocycles.